The minimum Gasteiger partial charge on any atom is -0.376 e. The predicted molar refractivity (Wildman–Crippen MR) is 86.4 cm³/mol. The summed E-state index contributed by atoms with van der Waals surface area (Å²) in [7, 11) is 0. The lowest BCUT2D eigenvalue weighted by Crippen LogP contribution is -2.38. The number of hydrogen-bond donors (Lipinski definition) is 1. The molecule has 1 heterocycles. The molecule has 120 valence electrons. The van der Waals surface area contributed by atoms with E-state index in [1.807, 2.05) is 11.6 Å². The molecule has 1 saturated carbocycles. The van der Waals surface area contributed by atoms with Crippen molar-refractivity contribution in [2.75, 3.05) is 6.61 Å². The first-order valence-corrected chi connectivity index (χ1v) is 8.65. The van der Waals surface area contributed by atoms with Crippen molar-refractivity contribution in [3.8, 4) is 0 Å². The molecule has 1 aliphatic rings. The average molecular weight is 314 g/mol. The van der Waals surface area contributed by atoms with E-state index in [9.17, 15) is 0 Å². The fraction of sp³-hybridized carbons (Fsp3) is 0.812. The summed E-state index contributed by atoms with van der Waals surface area (Å²) in [5.74, 6) is 0.537. The van der Waals surface area contributed by atoms with Gasteiger partial charge in [0.25, 0.3) is 0 Å². The highest BCUT2D eigenvalue weighted by Gasteiger charge is 2.33. The van der Waals surface area contributed by atoms with Crippen LogP contribution in [-0.4, -0.2) is 22.5 Å². The highest BCUT2D eigenvalue weighted by Crippen LogP contribution is 2.35. The second-order valence-electron chi connectivity index (χ2n) is 5.94. The van der Waals surface area contributed by atoms with Crippen LogP contribution in [0.4, 0.5) is 0 Å². The molecule has 1 aliphatic carbocycles. The Kier molecular flexibility index (Phi) is 6.52. The van der Waals surface area contributed by atoms with Crippen LogP contribution in [0.25, 0.3) is 0 Å². The van der Waals surface area contributed by atoms with Crippen molar-refractivity contribution in [2.24, 2.45) is 11.7 Å². The Morgan fingerprint density at radius 2 is 2.10 bits per heavy atom. The molecular weight excluding hydrogens is 286 g/mol. The molecule has 5 heteroatoms. The van der Waals surface area contributed by atoms with E-state index in [0.29, 0.717) is 17.5 Å². The SMILES string of the molecule is CCCn1ncc(Cl)c1C(N)C(OCC)C1CCCCC1. The van der Waals surface area contributed by atoms with Gasteiger partial charge in [-0.1, -0.05) is 37.8 Å². The quantitative estimate of drug-likeness (QED) is 0.829. The number of hydrogen-bond acceptors (Lipinski definition) is 3. The number of aromatic nitrogens is 2. The summed E-state index contributed by atoms with van der Waals surface area (Å²) < 4.78 is 7.98. The van der Waals surface area contributed by atoms with Crippen LogP contribution in [0.1, 0.15) is 64.1 Å². The maximum Gasteiger partial charge on any atom is 0.0835 e. The molecule has 0 amide bonds. The zero-order valence-corrected chi connectivity index (χ0v) is 14.0. The zero-order valence-electron chi connectivity index (χ0n) is 13.2. The van der Waals surface area contributed by atoms with Gasteiger partial charge in [-0.2, -0.15) is 5.10 Å². The number of aryl methyl sites for hydroxylation is 1. The third-order valence-corrected chi connectivity index (χ3v) is 4.70. The standard InChI is InChI=1S/C16H28ClN3O/c1-3-10-20-15(13(17)11-19-20)14(18)16(21-4-2)12-8-6-5-7-9-12/h11-12,14,16H,3-10,18H2,1-2H3. The van der Waals surface area contributed by atoms with Gasteiger partial charge in [0, 0.05) is 13.2 Å². The predicted octanol–water partition coefficient (Wildman–Crippen LogP) is 3.93. The van der Waals surface area contributed by atoms with Gasteiger partial charge in [-0.05, 0) is 32.1 Å². The maximum atomic E-state index is 6.56. The highest BCUT2D eigenvalue weighted by molar-refractivity contribution is 6.31. The lowest BCUT2D eigenvalue weighted by Gasteiger charge is -2.34. The summed E-state index contributed by atoms with van der Waals surface area (Å²) in [4.78, 5) is 0. The van der Waals surface area contributed by atoms with E-state index in [2.05, 4.69) is 12.0 Å². The first-order valence-electron chi connectivity index (χ1n) is 8.27. The Morgan fingerprint density at radius 1 is 1.38 bits per heavy atom. The zero-order chi connectivity index (χ0) is 15.2. The van der Waals surface area contributed by atoms with Gasteiger partial charge in [0.1, 0.15) is 0 Å². The molecule has 0 spiro atoms. The highest BCUT2D eigenvalue weighted by atomic mass is 35.5. The van der Waals surface area contributed by atoms with Crippen molar-refractivity contribution in [2.45, 2.75) is 71.1 Å². The fourth-order valence-corrected chi connectivity index (χ4v) is 3.70. The number of nitrogens with zero attached hydrogens (tertiary/aromatic N) is 2. The van der Waals surface area contributed by atoms with E-state index in [0.717, 1.165) is 18.7 Å². The minimum atomic E-state index is -0.199. The van der Waals surface area contributed by atoms with Crippen molar-refractivity contribution in [3.05, 3.63) is 16.9 Å². The summed E-state index contributed by atoms with van der Waals surface area (Å²) in [5.41, 5.74) is 7.50. The molecule has 1 fully saturated rings. The van der Waals surface area contributed by atoms with Crippen LogP contribution < -0.4 is 5.73 Å². The first kappa shape index (κ1) is 16.8. The van der Waals surface area contributed by atoms with Gasteiger partial charge >= 0.3 is 0 Å². The lowest BCUT2D eigenvalue weighted by atomic mass is 9.82. The number of halogens is 1. The van der Waals surface area contributed by atoms with Crippen LogP contribution in [0.15, 0.2) is 6.20 Å². The summed E-state index contributed by atoms with van der Waals surface area (Å²) in [6.07, 6.45) is 9.07. The Hall–Kier alpha value is -0.580. The molecule has 4 nitrogen and oxygen atoms in total. The molecule has 0 aromatic carbocycles. The molecule has 0 radical (unpaired) electrons. The van der Waals surface area contributed by atoms with Gasteiger partial charge in [0.2, 0.25) is 0 Å². The summed E-state index contributed by atoms with van der Waals surface area (Å²) >= 11 is 6.34. The van der Waals surface area contributed by atoms with Crippen LogP contribution >= 0.6 is 11.6 Å². The molecule has 2 atom stereocenters. The van der Waals surface area contributed by atoms with E-state index in [4.69, 9.17) is 22.1 Å². The molecule has 2 unspecified atom stereocenters. The van der Waals surface area contributed by atoms with Gasteiger partial charge in [0.15, 0.2) is 0 Å². The van der Waals surface area contributed by atoms with Crippen molar-refractivity contribution in [1.82, 2.24) is 9.78 Å². The first-order chi connectivity index (χ1) is 10.2. The van der Waals surface area contributed by atoms with Gasteiger partial charge in [-0.25, -0.2) is 0 Å². The van der Waals surface area contributed by atoms with E-state index in [1.54, 1.807) is 6.20 Å². The molecule has 21 heavy (non-hydrogen) atoms. The van der Waals surface area contributed by atoms with E-state index >= 15 is 0 Å². The van der Waals surface area contributed by atoms with Gasteiger partial charge in [0.05, 0.1) is 29.1 Å². The topological polar surface area (TPSA) is 53.1 Å². The Bertz CT molecular complexity index is 429. The largest absolute Gasteiger partial charge is 0.376 e. The Morgan fingerprint density at radius 3 is 2.71 bits per heavy atom. The molecule has 0 bridgehead atoms. The van der Waals surface area contributed by atoms with Crippen LogP contribution in [0.2, 0.25) is 5.02 Å². The molecular formula is C16H28ClN3O. The van der Waals surface area contributed by atoms with E-state index < -0.39 is 0 Å². The molecule has 2 rings (SSSR count). The normalized spacial score (nSPS) is 19.6. The second kappa shape index (κ2) is 8.16. The molecule has 0 aliphatic heterocycles. The van der Waals surface area contributed by atoms with Crippen LogP contribution in [-0.2, 0) is 11.3 Å². The summed E-state index contributed by atoms with van der Waals surface area (Å²) in [5, 5.41) is 5.03. The summed E-state index contributed by atoms with van der Waals surface area (Å²) in [6, 6.07) is -0.199. The number of ether oxygens (including phenoxy) is 1. The average Bonchev–Trinajstić information content (AvgIpc) is 2.86. The maximum absolute atomic E-state index is 6.56. The van der Waals surface area contributed by atoms with Crippen molar-refractivity contribution >= 4 is 11.6 Å². The van der Waals surface area contributed by atoms with Crippen LogP contribution in [0, 0.1) is 5.92 Å². The van der Waals surface area contributed by atoms with Crippen molar-refractivity contribution in [1.29, 1.82) is 0 Å². The minimum absolute atomic E-state index is 0.0418. The monoisotopic (exact) mass is 313 g/mol. The number of rotatable bonds is 7. The molecule has 1 aromatic heterocycles. The third kappa shape index (κ3) is 3.99. The van der Waals surface area contributed by atoms with E-state index in [-0.39, 0.29) is 12.1 Å². The van der Waals surface area contributed by atoms with Gasteiger partial charge in [-0.15, -0.1) is 0 Å². The fourth-order valence-electron chi connectivity index (χ4n) is 3.44. The smallest absolute Gasteiger partial charge is 0.0835 e. The summed E-state index contributed by atoms with van der Waals surface area (Å²) in [6.45, 7) is 5.70. The van der Waals surface area contributed by atoms with Crippen molar-refractivity contribution < 1.29 is 4.74 Å². The molecule has 2 N–H and O–H groups in total. The molecule has 0 saturated heterocycles. The third-order valence-electron chi connectivity index (χ3n) is 4.41. The van der Waals surface area contributed by atoms with Gasteiger partial charge in [-0.3, -0.25) is 4.68 Å². The lowest BCUT2D eigenvalue weighted by molar-refractivity contribution is -0.0115. The number of nitrogens with two attached hydrogens (primary N) is 1. The van der Waals surface area contributed by atoms with Crippen LogP contribution in [0.5, 0.6) is 0 Å². The van der Waals surface area contributed by atoms with E-state index in [1.165, 1.54) is 32.1 Å². The van der Waals surface area contributed by atoms with Gasteiger partial charge < -0.3 is 10.5 Å². The van der Waals surface area contributed by atoms with Crippen LogP contribution in [0.3, 0.4) is 0 Å². The second-order valence-corrected chi connectivity index (χ2v) is 6.35. The van der Waals surface area contributed by atoms with Crippen molar-refractivity contribution in [3.63, 3.8) is 0 Å². The Balaban J connectivity index is 2.20. The Labute approximate surface area is 133 Å². The molecule has 1 aromatic rings.